The standard InChI is InChI=1S/C16H27NO3/c1-12(2)20-8-7-19-11-15(18)10-17-16-6-5-13(3)9-14(16)4/h5-6,9,12,15,17-18H,7-8,10-11H2,1-4H3. The van der Waals surface area contributed by atoms with Gasteiger partial charge in [0.1, 0.15) is 0 Å². The minimum atomic E-state index is -0.519. The maximum Gasteiger partial charge on any atom is 0.0945 e. The van der Waals surface area contributed by atoms with E-state index in [1.165, 1.54) is 11.1 Å². The topological polar surface area (TPSA) is 50.7 Å². The highest BCUT2D eigenvalue weighted by atomic mass is 16.5. The third-order valence-electron chi connectivity index (χ3n) is 2.90. The van der Waals surface area contributed by atoms with Gasteiger partial charge >= 0.3 is 0 Å². The van der Waals surface area contributed by atoms with E-state index in [-0.39, 0.29) is 6.10 Å². The summed E-state index contributed by atoms with van der Waals surface area (Å²) in [7, 11) is 0. The molecule has 114 valence electrons. The van der Waals surface area contributed by atoms with Crippen molar-refractivity contribution in [3.63, 3.8) is 0 Å². The number of benzene rings is 1. The molecule has 0 radical (unpaired) electrons. The molecule has 1 aromatic rings. The van der Waals surface area contributed by atoms with Gasteiger partial charge < -0.3 is 19.9 Å². The summed E-state index contributed by atoms with van der Waals surface area (Å²) in [6, 6.07) is 6.21. The molecule has 20 heavy (non-hydrogen) atoms. The third kappa shape index (κ3) is 6.89. The van der Waals surface area contributed by atoms with E-state index in [1.807, 2.05) is 19.9 Å². The zero-order valence-corrected chi connectivity index (χ0v) is 13.0. The Labute approximate surface area is 122 Å². The van der Waals surface area contributed by atoms with Crippen molar-refractivity contribution in [2.24, 2.45) is 0 Å². The highest BCUT2D eigenvalue weighted by molar-refractivity contribution is 5.51. The maximum atomic E-state index is 9.84. The van der Waals surface area contributed by atoms with Crippen LogP contribution in [0.15, 0.2) is 18.2 Å². The van der Waals surface area contributed by atoms with Gasteiger partial charge in [0, 0.05) is 12.2 Å². The number of hydrogen-bond acceptors (Lipinski definition) is 4. The lowest BCUT2D eigenvalue weighted by atomic mass is 10.1. The largest absolute Gasteiger partial charge is 0.389 e. The van der Waals surface area contributed by atoms with Gasteiger partial charge in [-0.3, -0.25) is 0 Å². The van der Waals surface area contributed by atoms with Crippen LogP contribution in [0.5, 0.6) is 0 Å². The van der Waals surface area contributed by atoms with Crippen molar-refractivity contribution in [1.82, 2.24) is 0 Å². The van der Waals surface area contributed by atoms with Crippen molar-refractivity contribution in [3.05, 3.63) is 29.3 Å². The lowest BCUT2D eigenvalue weighted by Gasteiger charge is -2.15. The highest BCUT2D eigenvalue weighted by Crippen LogP contribution is 2.15. The first kappa shape index (κ1) is 17.0. The molecule has 0 aliphatic rings. The summed E-state index contributed by atoms with van der Waals surface area (Å²) >= 11 is 0. The molecule has 0 saturated heterocycles. The number of ether oxygens (including phenoxy) is 2. The van der Waals surface area contributed by atoms with Crippen LogP contribution in [0.3, 0.4) is 0 Å². The summed E-state index contributed by atoms with van der Waals surface area (Å²) in [4.78, 5) is 0. The summed E-state index contributed by atoms with van der Waals surface area (Å²) in [6.07, 6.45) is -0.301. The Morgan fingerprint density at radius 2 is 1.95 bits per heavy atom. The Morgan fingerprint density at radius 1 is 1.20 bits per heavy atom. The van der Waals surface area contributed by atoms with Crippen LogP contribution in [-0.4, -0.2) is 43.7 Å². The van der Waals surface area contributed by atoms with Crippen molar-refractivity contribution < 1.29 is 14.6 Å². The van der Waals surface area contributed by atoms with Crippen LogP contribution in [0.1, 0.15) is 25.0 Å². The molecule has 2 N–H and O–H groups in total. The molecule has 0 aliphatic carbocycles. The van der Waals surface area contributed by atoms with E-state index in [9.17, 15) is 5.11 Å². The van der Waals surface area contributed by atoms with E-state index in [0.717, 1.165) is 5.69 Å². The first-order valence-electron chi connectivity index (χ1n) is 7.17. The lowest BCUT2D eigenvalue weighted by Crippen LogP contribution is -2.26. The summed E-state index contributed by atoms with van der Waals surface area (Å²) in [5.41, 5.74) is 3.48. The summed E-state index contributed by atoms with van der Waals surface area (Å²) in [5, 5.41) is 13.1. The second-order valence-electron chi connectivity index (χ2n) is 5.35. The summed E-state index contributed by atoms with van der Waals surface area (Å²) in [5.74, 6) is 0. The third-order valence-corrected chi connectivity index (χ3v) is 2.90. The molecule has 0 heterocycles. The zero-order chi connectivity index (χ0) is 15.0. The molecule has 1 unspecified atom stereocenters. The molecule has 1 atom stereocenters. The van der Waals surface area contributed by atoms with Gasteiger partial charge in [0.15, 0.2) is 0 Å². The van der Waals surface area contributed by atoms with Gasteiger partial charge in [-0.1, -0.05) is 17.7 Å². The number of aryl methyl sites for hydroxylation is 2. The Bertz CT molecular complexity index is 393. The molecular formula is C16H27NO3. The van der Waals surface area contributed by atoms with Gasteiger partial charge in [0.05, 0.1) is 32.0 Å². The van der Waals surface area contributed by atoms with Crippen molar-refractivity contribution in [3.8, 4) is 0 Å². The maximum absolute atomic E-state index is 9.84. The smallest absolute Gasteiger partial charge is 0.0945 e. The normalized spacial score (nSPS) is 12.7. The number of anilines is 1. The predicted octanol–water partition coefficient (Wildman–Crippen LogP) is 2.52. The first-order valence-corrected chi connectivity index (χ1v) is 7.17. The van der Waals surface area contributed by atoms with Crippen molar-refractivity contribution >= 4 is 5.69 Å². The zero-order valence-electron chi connectivity index (χ0n) is 13.0. The van der Waals surface area contributed by atoms with Crippen molar-refractivity contribution in [1.29, 1.82) is 0 Å². The van der Waals surface area contributed by atoms with Gasteiger partial charge in [-0.2, -0.15) is 0 Å². The van der Waals surface area contributed by atoms with Gasteiger partial charge in [-0.15, -0.1) is 0 Å². The predicted molar refractivity (Wildman–Crippen MR) is 82.3 cm³/mol. The fourth-order valence-corrected chi connectivity index (χ4v) is 1.86. The number of nitrogens with one attached hydrogen (secondary N) is 1. The molecule has 0 aliphatic heterocycles. The second kappa shape index (κ2) is 8.95. The Balaban J connectivity index is 2.18. The van der Waals surface area contributed by atoms with Crippen LogP contribution in [0.2, 0.25) is 0 Å². The number of aliphatic hydroxyl groups excluding tert-OH is 1. The number of aliphatic hydroxyl groups is 1. The van der Waals surface area contributed by atoms with Crippen LogP contribution in [0.4, 0.5) is 5.69 Å². The highest BCUT2D eigenvalue weighted by Gasteiger charge is 2.05. The van der Waals surface area contributed by atoms with Crippen LogP contribution < -0.4 is 5.32 Å². The van der Waals surface area contributed by atoms with Crippen molar-refractivity contribution in [2.45, 2.75) is 39.9 Å². The van der Waals surface area contributed by atoms with Crippen LogP contribution >= 0.6 is 0 Å². The van der Waals surface area contributed by atoms with Crippen LogP contribution in [0, 0.1) is 13.8 Å². The number of rotatable bonds is 9. The van der Waals surface area contributed by atoms with Gasteiger partial charge in [0.25, 0.3) is 0 Å². The minimum Gasteiger partial charge on any atom is -0.389 e. The monoisotopic (exact) mass is 281 g/mol. The molecule has 4 nitrogen and oxygen atoms in total. The van der Waals surface area contributed by atoms with Gasteiger partial charge in [0.2, 0.25) is 0 Å². The van der Waals surface area contributed by atoms with E-state index in [0.29, 0.717) is 26.4 Å². The first-order chi connectivity index (χ1) is 9.49. The summed E-state index contributed by atoms with van der Waals surface area (Å²) in [6.45, 7) is 9.98. The molecule has 0 aromatic heterocycles. The van der Waals surface area contributed by atoms with E-state index in [2.05, 4.69) is 31.3 Å². The van der Waals surface area contributed by atoms with E-state index < -0.39 is 6.10 Å². The minimum absolute atomic E-state index is 0.217. The van der Waals surface area contributed by atoms with Gasteiger partial charge in [-0.05, 0) is 39.3 Å². The molecule has 0 saturated carbocycles. The lowest BCUT2D eigenvalue weighted by molar-refractivity contribution is -0.00734. The van der Waals surface area contributed by atoms with E-state index >= 15 is 0 Å². The fourth-order valence-electron chi connectivity index (χ4n) is 1.86. The molecule has 1 aromatic carbocycles. The Kier molecular flexibility index (Phi) is 7.59. The van der Waals surface area contributed by atoms with Crippen LogP contribution in [0.25, 0.3) is 0 Å². The van der Waals surface area contributed by atoms with E-state index in [1.54, 1.807) is 0 Å². The Morgan fingerprint density at radius 3 is 2.60 bits per heavy atom. The van der Waals surface area contributed by atoms with Gasteiger partial charge in [-0.25, -0.2) is 0 Å². The van der Waals surface area contributed by atoms with Crippen molar-refractivity contribution in [2.75, 3.05) is 31.7 Å². The molecule has 0 bridgehead atoms. The molecular weight excluding hydrogens is 254 g/mol. The fraction of sp³-hybridized carbons (Fsp3) is 0.625. The summed E-state index contributed by atoms with van der Waals surface area (Å²) < 4.78 is 10.7. The molecule has 4 heteroatoms. The van der Waals surface area contributed by atoms with Crippen LogP contribution in [-0.2, 0) is 9.47 Å². The average Bonchev–Trinajstić information content (AvgIpc) is 2.37. The molecule has 1 rings (SSSR count). The molecule has 0 amide bonds. The Hall–Kier alpha value is -1.10. The SMILES string of the molecule is Cc1ccc(NCC(O)COCCOC(C)C)c(C)c1. The average molecular weight is 281 g/mol. The molecule has 0 spiro atoms. The second-order valence-corrected chi connectivity index (χ2v) is 5.35. The van der Waals surface area contributed by atoms with E-state index in [4.69, 9.17) is 9.47 Å². The quantitative estimate of drug-likeness (QED) is 0.683. The number of hydrogen-bond donors (Lipinski definition) is 2. The molecule has 0 fully saturated rings.